The van der Waals surface area contributed by atoms with Crippen LogP contribution in [-0.2, 0) is 9.16 Å². The van der Waals surface area contributed by atoms with Crippen LogP contribution in [0.3, 0.4) is 0 Å². The van der Waals surface area contributed by atoms with Crippen LogP contribution in [0, 0.1) is 5.82 Å². The summed E-state index contributed by atoms with van der Waals surface area (Å²) in [6, 6.07) is 20.5. The molecule has 36 heavy (non-hydrogen) atoms. The fourth-order valence-corrected chi connectivity index (χ4v) is 10.0. The maximum Gasteiger partial charge on any atom is 0.261 e. The Balaban J connectivity index is 1.46. The van der Waals surface area contributed by atoms with Crippen molar-refractivity contribution in [1.82, 2.24) is 14.5 Å². The molecule has 0 unspecified atom stereocenters. The van der Waals surface area contributed by atoms with Crippen LogP contribution in [0.1, 0.15) is 33.4 Å². The molecule has 0 radical (unpaired) electrons. The molecule has 1 fully saturated rings. The quantitative estimate of drug-likeness (QED) is 0.248. The molecule has 2 aromatic heterocycles. The Morgan fingerprint density at radius 3 is 2.25 bits per heavy atom. The first-order chi connectivity index (χ1) is 17.2. The molecule has 1 saturated heterocycles. The molecule has 4 aromatic rings. The Bertz CT molecular complexity index is 1310. The van der Waals surface area contributed by atoms with Crippen molar-refractivity contribution in [3.63, 3.8) is 0 Å². The average molecular weight is 528 g/mol. The van der Waals surface area contributed by atoms with E-state index in [-0.39, 0.29) is 34.3 Å². The third-order valence-corrected chi connectivity index (χ3v) is 12.1. The number of hydrogen-bond acceptors (Lipinski definition) is 4. The molecule has 1 aliphatic heterocycles. The molecule has 5 rings (SSSR count). The summed E-state index contributed by atoms with van der Waals surface area (Å²) in [7, 11) is -2.79. The molecular formula is C27H28ClF2N3O2Si. The van der Waals surface area contributed by atoms with Gasteiger partial charge in [0.25, 0.3) is 8.32 Å². The minimum atomic E-state index is -2.79. The van der Waals surface area contributed by atoms with Gasteiger partial charge in [0.2, 0.25) is 0 Å². The van der Waals surface area contributed by atoms with Crippen molar-refractivity contribution in [3.05, 3.63) is 84.2 Å². The summed E-state index contributed by atoms with van der Waals surface area (Å²) in [6.45, 7) is 6.77. The van der Waals surface area contributed by atoms with Crippen molar-refractivity contribution in [3.8, 4) is 0 Å². The summed E-state index contributed by atoms with van der Waals surface area (Å²) in [6.07, 6.45) is -0.370. The second-order valence-electron chi connectivity index (χ2n) is 10.1. The van der Waals surface area contributed by atoms with Crippen molar-refractivity contribution in [2.45, 2.75) is 50.7 Å². The highest BCUT2D eigenvalue weighted by Gasteiger charge is 2.51. The lowest BCUT2D eigenvalue weighted by atomic mass is 10.2. The van der Waals surface area contributed by atoms with Gasteiger partial charge in [0, 0.05) is 12.6 Å². The number of hydrogen-bond donors (Lipinski definition) is 0. The molecule has 3 heterocycles. The number of halogens is 3. The van der Waals surface area contributed by atoms with E-state index in [1.54, 1.807) is 0 Å². The smallest absolute Gasteiger partial charge is 0.261 e. The number of fused-ring (bicyclic) bond motifs is 1. The van der Waals surface area contributed by atoms with Gasteiger partial charge in [0.15, 0.2) is 12.0 Å². The standard InChI is InChI=1S/C27H28ClF2N3O2Si/c1-27(2,3)36(19-10-6-4-7-11-19,20-12-8-5-9-13-20)34-16-18-14-21(29)26(35-18)33-15-22(30)23-24(28)31-17-32-25(23)33/h4-13,15,17-18,21,26H,14,16H2,1-3H3/t18-,21-,26+/m0/s1. The average Bonchev–Trinajstić information content (AvgIpc) is 3.39. The summed E-state index contributed by atoms with van der Waals surface area (Å²) >= 11 is 6.05. The maximum atomic E-state index is 15.3. The first kappa shape index (κ1) is 25.0. The van der Waals surface area contributed by atoms with E-state index in [1.165, 1.54) is 17.1 Å². The largest absolute Gasteiger partial charge is 0.405 e. The fraction of sp³-hybridized carbons (Fsp3) is 0.333. The molecule has 188 valence electrons. The minimum absolute atomic E-state index is 0.0174. The van der Waals surface area contributed by atoms with Gasteiger partial charge in [-0.05, 0) is 15.4 Å². The lowest BCUT2D eigenvalue weighted by Crippen LogP contribution is -2.67. The minimum Gasteiger partial charge on any atom is -0.405 e. The van der Waals surface area contributed by atoms with Crippen LogP contribution < -0.4 is 10.4 Å². The molecule has 9 heteroatoms. The summed E-state index contributed by atoms with van der Waals surface area (Å²) < 4.78 is 44.2. The van der Waals surface area contributed by atoms with E-state index in [0.29, 0.717) is 0 Å². The number of nitrogens with zero attached hydrogens (tertiary/aromatic N) is 3. The van der Waals surface area contributed by atoms with Gasteiger partial charge in [-0.25, -0.2) is 18.7 Å². The summed E-state index contributed by atoms with van der Waals surface area (Å²) in [4.78, 5) is 7.95. The van der Waals surface area contributed by atoms with Gasteiger partial charge < -0.3 is 13.7 Å². The summed E-state index contributed by atoms with van der Waals surface area (Å²) in [5.41, 5.74) is 0.203. The van der Waals surface area contributed by atoms with Crippen LogP contribution in [0.25, 0.3) is 11.0 Å². The van der Waals surface area contributed by atoms with E-state index < -0.39 is 32.6 Å². The third-order valence-electron chi connectivity index (χ3n) is 6.82. The maximum absolute atomic E-state index is 15.3. The lowest BCUT2D eigenvalue weighted by Gasteiger charge is -2.43. The first-order valence-electron chi connectivity index (χ1n) is 11.9. The highest BCUT2D eigenvalue weighted by Crippen LogP contribution is 2.39. The van der Waals surface area contributed by atoms with Gasteiger partial charge in [-0.15, -0.1) is 0 Å². The molecule has 2 aromatic carbocycles. The van der Waals surface area contributed by atoms with Crippen molar-refractivity contribution < 1.29 is 17.9 Å². The molecule has 0 N–H and O–H groups in total. The lowest BCUT2D eigenvalue weighted by molar-refractivity contribution is -0.0325. The molecule has 0 aliphatic carbocycles. The predicted molar refractivity (Wildman–Crippen MR) is 139 cm³/mol. The Morgan fingerprint density at radius 2 is 1.67 bits per heavy atom. The molecular weight excluding hydrogens is 500 g/mol. The number of ether oxygens (including phenoxy) is 1. The fourth-order valence-electron chi connectivity index (χ4n) is 5.23. The van der Waals surface area contributed by atoms with Crippen LogP contribution in [-0.4, -0.2) is 41.7 Å². The molecule has 0 bridgehead atoms. The topological polar surface area (TPSA) is 49.2 Å². The zero-order valence-electron chi connectivity index (χ0n) is 20.4. The zero-order chi connectivity index (χ0) is 25.5. The van der Waals surface area contributed by atoms with E-state index in [1.807, 2.05) is 36.4 Å². The van der Waals surface area contributed by atoms with E-state index >= 15 is 4.39 Å². The second-order valence-corrected chi connectivity index (χ2v) is 14.8. The van der Waals surface area contributed by atoms with Crippen LogP contribution in [0.15, 0.2) is 73.2 Å². The monoisotopic (exact) mass is 527 g/mol. The van der Waals surface area contributed by atoms with Gasteiger partial charge in [-0.1, -0.05) is 93.0 Å². The zero-order valence-corrected chi connectivity index (χ0v) is 22.1. The van der Waals surface area contributed by atoms with Crippen molar-refractivity contribution in [1.29, 1.82) is 0 Å². The third kappa shape index (κ3) is 4.26. The van der Waals surface area contributed by atoms with E-state index in [9.17, 15) is 4.39 Å². The Hall–Kier alpha value is -2.65. The highest BCUT2D eigenvalue weighted by atomic mass is 35.5. The molecule has 0 saturated carbocycles. The first-order valence-corrected chi connectivity index (χ1v) is 14.2. The Labute approximate surface area is 215 Å². The van der Waals surface area contributed by atoms with E-state index in [4.69, 9.17) is 20.8 Å². The number of benzene rings is 2. The van der Waals surface area contributed by atoms with Gasteiger partial charge in [-0.2, -0.15) is 0 Å². The predicted octanol–water partition coefficient (Wildman–Crippen LogP) is 5.43. The van der Waals surface area contributed by atoms with Gasteiger partial charge in [-0.3, -0.25) is 0 Å². The van der Waals surface area contributed by atoms with Crippen molar-refractivity contribution in [2.75, 3.05) is 6.61 Å². The van der Waals surface area contributed by atoms with Crippen LogP contribution >= 0.6 is 11.6 Å². The second kappa shape index (κ2) is 9.66. The number of aromatic nitrogens is 3. The van der Waals surface area contributed by atoms with Gasteiger partial charge >= 0.3 is 0 Å². The van der Waals surface area contributed by atoms with Gasteiger partial charge in [0.1, 0.15) is 23.3 Å². The highest BCUT2D eigenvalue weighted by molar-refractivity contribution is 6.99. The van der Waals surface area contributed by atoms with E-state index in [2.05, 4.69) is 55.0 Å². The van der Waals surface area contributed by atoms with Crippen LogP contribution in [0.2, 0.25) is 10.2 Å². The molecule has 3 atom stereocenters. The number of rotatable bonds is 6. The summed E-state index contributed by atoms with van der Waals surface area (Å²) in [5.74, 6) is -0.613. The molecule has 1 aliphatic rings. The SMILES string of the molecule is CC(C)(C)[Si](OC[C@@H]1C[C@H](F)[C@H](n2cc(F)c3c(Cl)ncnc32)O1)(c1ccccc1)c1ccccc1. The van der Waals surface area contributed by atoms with Gasteiger partial charge in [0.05, 0.1) is 18.1 Å². The van der Waals surface area contributed by atoms with Crippen molar-refractivity contribution in [2.24, 2.45) is 0 Å². The van der Waals surface area contributed by atoms with Crippen LogP contribution in [0.4, 0.5) is 8.78 Å². The molecule has 5 nitrogen and oxygen atoms in total. The Kier molecular flexibility index (Phi) is 6.72. The summed E-state index contributed by atoms with van der Waals surface area (Å²) in [5, 5.41) is 2.11. The van der Waals surface area contributed by atoms with E-state index in [0.717, 1.165) is 10.4 Å². The normalized spacial score (nSPS) is 20.8. The molecule has 0 amide bonds. The number of alkyl halides is 1. The molecule has 0 spiro atoms. The van der Waals surface area contributed by atoms with Crippen molar-refractivity contribution >= 4 is 41.3 Å². The Morgan fingerprint density at radius 1 is 1.06 bits per heavy atom. The van der Waals surface area contributed by atoms with Crippen LogP contribution in [0.5, 0.6) is 0 Å².